The van der Waals surface area contributed by atoms with Crippen molar-refractivity contribution in [1.82, 2.24) is 5.32 Å². The maximum absolute atomic E-state index is 12.4. The van der Waals surface area contributed by atoms with E-state index in [-0.39, 0.29) is 29.5 Å². The summed E-state index contributed by atoms with van der Waals surface area (Å²) in [7, 11) is 0. The smallest absolute Gasteiger partial charge is 0.422 e. The van der Waals surface area contributed by atoms with Crippen molar-refractivity contribution in [2.45, 2.75) is 13.1 Å². The maximum Gasteiger partial charge on any atom is 0.422 e. The minimum Gasteiger partial charge on any atom is -0.482 e. The van der Waals surface area contributed by atoms with Crippen LogP contribution in [0, 0.1) is 6.92 Å². The zero-order valence-corrected chi connectivity index (χ0v) is 17.2. The van der Waals surface area contributed by atoms with Crippen LogP contribution in [0.4, 0.5) is 24.5 Å². The first kappa shape index (κ1) is 23.6. The molecule has 11 heteroatoms. The molecule has 0 saturated heterocycles. The lowest BCUT2D eigenvalue weighted by Crippen LogP contribution is -2.36. The van der Waals surface area contributed by atoms with E-state index in [0.29, 0.717) is 16.3 Å². The quantitative estimate of drug-likeness (QED) is 0.541. The first-order chi connectivity index (χ1) is 14.0. The molecule has 2 aromatic carbocycles. The third-order valence-corrected chi connectivity index (χ3v) is 4.40. The Balaban J connectivity index is 1.86. The van der Waals surface area contributed by atoms with Gasteiger partial charge in [-0.3, -0.25) is 9.59 Å². The van der Waals surface area contributed by atoms with Crippen LogP contribution in [-0.2, 0) is 9.59 Å². The minimum atomic E-state index is -4.51. The molecule has 0 fully saturated rings. The van der Waals surface area contributed by atoms with E-state index in [2.05, 4.69) is 16.0 Å². The molecule has 0 aliphatic rings. The van der Waals surface area contributed by atoms with Crippen molar-refractivity contribution < 1.29 is 27.5 Å². The van der Waals surface area contributed by atoms with Gasteiger partial charge in [-0.05, 0) is 42.8 Å². The summed E-state index contributed by atoms with van der Waals surface area (Å²) in [5.74, 6) is -1.14. The van der Waals surface area contributed by atoms with Gasteiger partial charge in [0, 0.05) is 15.7 Å². The number of alkyl halides is 3. The molecule has 0 aliphatic heterocycles. The van der Waals surface area contributed by atoms with E-state index in [1.807, 2.05) is 0 Å². The summed E-state index contributed by atoms with van der Waals surface area (Å²) in [5, 5.41) is 8.40. The van der Waals surface area contributed by atoms with Crippen LogP contribution in [0.15, 0.2) is 36.4 Å². The molecule has 6 nitrogen and oxygen atoms in total. The molecule has 0 saturated carbocycles. The average molecular weight is 464 g/mol. The normalized spacial score (nSPS) is 11.0. The number of amides is 2. The number of nitrogens with one attached hydrogen (secondary N) is 3. The topological polar surface area (TPSA) is 79.5 Å². The van der Waals surface area contributed by atoms with Crippen LogP contribution in [0.25, 0.3) is 0 Å². The molecule has 0 unspecified atom stereocenters. The zero-order valence-electron chi connectivity index (χ0n) is 15.7. The molecule has 0 spiro atoms. The van der Waals surface area contributed by atoms with E-state index in [1.54, 1.807) is 25.1 Å². The molecule has 0 bridgehead atoms. The zero-order chi connectivity index (χ0) is 22.3. The van der Waals surface area contributed by atoms with E-state index >= 15 is 0 Å². The third-order valence-electron chi connectivity index (χ3n) is 3.76. The van der Waals surface area contributed by atoms with Crippen molar-refractivity contribution in [3.63, 3.8) is 0 Å². The van der Waals surface area contributed by atoms with Crippen molar-refractivity contribution in [2.75, 3.05) is 30.3 Å². The first-order valence-corrected chi connectivity index (χ1v) is 9.35. The number of halogens is 5. The molecule has 2 aromatic rings. The number of hydrogen-bond acceptors (Lipinski definition) is 4. The fourth-order valence-electron chi connectivity index (χ4n) is 2.28. The number of carbonyl (C=O) groups is 2. The summed E-state index contributed by atoms with van der Waals surface area (Å²) in [6.07, 6.45) is -4.51. The van der Waals surface area contributed by atoms with Crippen molar-refractivity contribution in [1.29, 1.82) is 0 Å². The lowest BCUT2D eigenvalue weighted by Gasteiger charge is -2.15. The monoisotopic (exact) mass is 463 g/mol. The van der Waals surface area contributed by atoms with Gasteiger partial charge < -0.3 is 20.7 Å². The highest BCUT2D eigenvalue weighted by Crippen LogP contribution is 2.29. The number of carbonyl (C=O) groups excluding carboxylic acids is 2. The Morgan fingerprint density at radius 2 is 1.77 bits per heavy atom. The van der Waals surface area contributed by atoms with Crippen LogP contribution in [0.1, 0.15) is 5.56 Å². The van der Waals surface area contributed by atoms with Gasteiger partial charge in [0.05, 0.1) is 18.8 Å². The Morgan fingerprint density at radius 3 is 2.47 bits per heavy atom. The van der Waals surface area contributed by atoms with Gasteiger partial charge in [0.25, 0.3) is 0 Å². The summed E-state index contributed by atoms with van der Waals surface area (Å²) in [6, 6.07) is 8.98. The first-order valence-electron chi connectivity index (χ1n) is 8.60. The SMILES string of the molecule is Cc1c(Cl)cccc1NC(=O)CNC(=O)CNc1cc(Cl)ccc1OCC(F)(F)F. The van der Waals surface area contributed by atoms with Gasteiger partial charge in [-0.25, -0.2) is 0 Å². The summed E-state index contributed by atoms with van der Waals surface area (Å²) in [4.78, 5) is 24.0. The third kappa shape index (κ3) is 7.64. The molecule has 0 heterocycles. The van der Waals surface area contributed by atoms with E-state index in [1.165, 1.54) is 18.2 Å². The van der Waals surface area contributed by atoms with Crippen molar-refractivity contribution in [3.8, 4) is 5.75 Å². The van der Waals surface area contributed by atoms with Crippen molar-refractivity contribution >= 4 is 46.4 Å². The predicted octanol–water partition coefficient (Wildman–Crippen LogP) is 4.41. The Bertz CT molecular complexity index is 924. The van der Waals surface area contributed by atoms with Crippen LogP contribution in [0.5, 0.6) is 5.75 Å². The van der Waals surface area contributed by atoms with Gasteiger partial charge in [0.15, 0.2) is 6.61 Å². The summed E-state index contributed by atoms with van der Waals surface area (Å²) in [6.45, 7) is -0.367. The summed E-state index contributed by atoms with van der Waals surface area (Å²) < 4.78 is 41.8. The fourth-order valence-corrected chi connectivity index (χ4v) is 2.63. The largest absolute Gasteiger partial charge is 0.482 e. The highest BCUT2D eigenvalue weighted by atomic mass is 35.5. The second-order valence-corrected chi connectivity index (χ2v) is 6.98. The van der Waals surface area contributed by atoms with E-state index < -0.39 is 24.6 Å². The van der Waals surface area contributed by atoms with Crippen LogP contribution in [0.3, 0.4) is 0 Å². The molecular formula is C19H18Cl2F3N3O3. The lowest BCUT2D eigenvalue weighted by molar-refractivity contribution is -0.153. The van der Waals surface area contributed by atoms with Gasteiger partial charge in [-0.2, -0.15) is 13.2 Å². The Kier molecular flexibility index (Phi) is 8.19. The number of anilines is 2. The molecule has 0 atom stereocenters. The van der Waals surface area contributed by atoms with Crippen LogP contribution < -0.4 is 20.7 Å². The molecule has 0 aliphatic carbocycles. The number of benzene rings is 2. The van der Waals surface area contributed by atoms with Gasteiger partial charge in [0.2, 0.25) is 11.8 Å². The molecule has 2 rings (SSSR count). The molecular weight excluding hydrogens is 446 g/mol. The Hall–Kier alpha value is -2.65. The van der Waals surface area contributed by atoms with Crippen LogP contribution >= 0.6 is 23.2 Å². The standard InChI is InChI=1S/C19H18Cl2F3N3O3/c1-11-13(21)3-2-4-14(11)27-18(29)9-26-17(28)8-25-15-7-12(20)5-6-16(15)30-10-19(22,23)24/h2-7,25H,8-10H2,1H3,(H,26,28)(H,27,29). The second kappa shape index (κ2) is 10.4. The minimum absolute atomic E-state index is 0.112. The lowest BCUT2D eigenvalue weighted by atomic mass is 10.2. The van der Waals surface area contributed by atoms with Gasteiger partial charge >= 0.3 is 6.18 Å². The maximum atomic E-state index is 12.4. The molecule has 3 N–H and O–H groups in total. The van der Waals surface area contributed by atoms with Crippen LogP contribution in [0.2, 0.25) is 10.0 Å². The van der Waals surface area contributed by atoms with Gasteiger partial charge in [0.1, 0.15) is 5.75 Å². The average Bonchev–Trinajstić information content (AvgIpc) is 2.67. The fraction of sp³-hybridized carbons (Fsp3) is 0.263. The number of ether oxygens (including phenoxy) is 1. The van der Waals surface area contributed by atoms with Crippen molar-refractivity contribution in [3.05, 3.63) is 52.0 Å². The van der Waals surface area contributed by atoms with Gasteiger partial charge in [-0.1, -0.05) is 29.3 Å². The van der Waals surface area contributed by atoms with E-state index in [9.17, 15) is 22.8 Å². The number of rotatable bonds is 8. The van der Waals surface area contributed by atoms with E-state index in [4.69, 9.17) is 27.9 Å². The second-order valence-electron chi connectivity index (χ2n) is 6.14. The van der Waals surface area contributed by atoms with E-state index in [0.717, 1.165) is 0 Å². The molecule has 0 aromatic heterocycles. The Morgan fingerprint density at radius 1 is 1.03 bits per heavy atom. The predicted molar refractivity (Wildman–Crippen MR) is 109 cm³/mol. The molecule has 30 heavy (non-hydrogen) atoms. The summed E-state index contributed by atoms with van der Waals surface area (Å²) in [5.41, 5.74) is 1.32. The summed E-state index contributed by atoms with van der Waals surface area (Å²) >= 11 is 11.8. The number of hydrogen-bond donors (Lipinski definition) is 3. The molecule has 162 valence electrons. The van der Waals surface area contributed by atoms with Gasteiger partial charge in [-0.15, -0.1) is 0 Å². The van der Waals surface area contributed by atoms with Crippen molar-refractivity contribution in [2.24, 2.45) is 0 Å². The highest BCUT2D eigenvalue weighted by molar-refractivity contribution is 6.31. The van der Waals surface area contributed by atoms with Crippen LogP contribution in [-0.4, -0.2) is 37.7 Å². The Labute approximate surface area is 180 Å². The molecule has 2 amide bonds. The molecule has 0 radical (unpaired) electrons. The highest BCUT2D eigenvalue weighted by Gasteiger charge is 2.28.